The van der Waals surface area contributed by atoms with E-state index in [4.69, 9.17) is 4.42 Å². The zero-order valence-electron chi connectivity index (χ0n) is 11.9. The van der Waals surface area contributed by atoms with Gasteiger partial charge in [0.2, 0.25) is 21.8 Å². The topological polar surface area (TPSA) is 85.3 Å². The van der Waals surface area contributed by atoms with Crippen LogP contribution >= 0.6 is 11.3 Å². The molecule has 7 nitrogen and oxygen atoms in total. The van der Waals surface area contributed by atoms with E-state index in [1.807, 2.05) is 0 Å². The quantitative estimate of drug-likeness (QED) is 0.802. The highest BCUT2D eigenvalue weighted by Crippen LogP contribution is 2.27. The zero-order chi connectivity index (χ0) is 14.9. The Balaban J connectivity index is 1.56. The molecule has 3 aromatic rings. The molecule has 1 fully saturated rings. The SMILES string of the molecule is O=C(Nc1nn2c(-c3ccco3)nnc2s1)C1CCCCC1. The van der Waals surface area contributed by atoms with Gasteiger partial charge in [0.25, 0.3) is 0 Å². The first-order valence-corrected chi connectivity index (χ1v) is 8.20. The molecule has 3 aromatic heterocycles. The number of carbonyl (C=O) groups is 1. The molecule has 0 aliphatic heterocycles. The van der Waals surface area contributed by atoms with Crippen molar-refractivity contribution in [2.75, 3.05) is 5.32 Å². The Hall–Kier alpha value is -2.22. The Bertz CT molecular complexity index is 785. The molecule has 0 bridgehead atoms. The molecule has 1 aliphatic rings. The van der Waals surface area contributed by atoms with Crippen LogP contribution in [0.5, 0.6) is 0 Å². The van der Waals surface area contributed by atoms with Crippen LogP contribution in [-0.2, 0) is 4.79 Å². The van der Waals surface area contributed by atoms with E-state index >= 15 is 0 Å². The van der Waals surface area contributed by atoms with Gasteiger partial charge >= 0.3 is 0 Å². The van der Waals surface area contributed by atoms with Crippen molar-refractivity contribution in [2.24, 2.45) is 5.92 Å². The van der Waals surface area contributed by atoms with Crippen LogP contribution in [0.25, 0.3) is 16.5 Å². The van der Waals surface area contributed by atoms with Crippen LogP contribution in [0.4, 0.5) is 5.13 Å². The predicted octanol–water partition coefficient (Wildman–Crippen LogP) is 2.96. The van der Waals surface area contributed by atoms with Gasteiger partial charge in [-0.25, -0.2) is 0 Å². The highest BCUT2D eigenvalue weighted by molar-refractivity contribution is 7.20. The zero-order valence-corrected chi connectivity index (χ0v) is 12.7. The third kappa shape index (κ3) is 2.39. The first-order valence-electron chi connectivity index (χ1n) is 7.38. The van der Waals surface area contributed by atoms with Crippen LogP contribution in [0.15, 0.2) is 22.8 Å². The maximum absolute atomic E-state index is 12.3. The lowest BCUT2D eigenvalue weighted by atomic mass is 9.89. The van der Waals surface area contributed by atoms with Crippen LogP contribution in [0.3, 0.4) is 0 Å². The first-order chi connectivity index (χ1) is 10.8. The summed E-state index contributed by atoms with van der Waals surface area (Å²) in [5.74, 6) is 1.30. The minimum Gasteiger partial charge on any atom is -0.461 e. The molecule has 0 radical (unpaired) electrons. The van der Waals surface area contributed by atoms with Crippen molar-refractivity contribution in [3.8, 4) is 11.6 Å². The Morgan fingerprint density at radius 2 is 2.18 bits per heavy atom. The Morgan fingerprint density at radius 3 is 2.95 bits per heavy atom. The fourth-order valence-corrected chi connectivity index (χ4v) is 3.54. The molecule has 22 heavy (non-hydrogen) atoms. The smallest absolute Gasteiger partial charge is 0.236 e. The molecule has 1 N–H and O–H groups in total. The molecule has 1 saturated carbocycles. The number of anilines is 1. The van der Waals surface area contributed by atoms with Gasteiger partial charge in [0.1, 0.15) is 0 Å². The van der Waals surface area contributed by atoms with E-state index < -0.39 is 0 Å². The molecular weight excluding hydrogens is 302 g/mol. The second-order valence-corrected chi connectivity index (χ2v) is 6.38. The summed E-state index contributed by atoms with van der Waals surface area (Å²) >= 11 is 1.31. The van der Waals surface area contributed by atoms with Gasteiger partial charge in [-0.2, -0.15) is 4.52 Å². The van der Waals surface area contributed by atoms with Gasteiger partial charge < -0.3 is 9.73 Å². The van der Waals surface area contributed by atoms with Gasteiger partial charge in [-0.15, -0.1) is 15.3 Å². The Morgan fingerprint density at radius 1 is 1.32 bits per heavy atom. The van der Waals surface area contributed by atoms with Crippen LogP contribution in [0.2, 0.25) is 0 Å². The monoisotopic (exact) mass is 317 g/mol. The number of nitrogens with one attached hydrogen (secondary N) is 1. The van der Waals surface area contributed by atoms with Crippen molar-refractivity contribution < 1.29 is 9.21 Å². The number of carbonyl (C=O) groups excluding carboxylic acids is 1. The van der Waals surface area contributed by atoms with Crippen molar-refractivity contribution in [3.05, 3.63) is 18.4 Å². The number of aromatic nitrogens is 4. The highest BCUT2D eigenvalue weighted by atomic mass is 32.1. The van der Waals surface area contributed by atoms with Gasteiger partial charge in [-0.05, 0) is 25.0 Å². The number of nitrogens with zero attached hydrogens (tertiary/aromatic N) is 4. The summed E-state index contributed by atoms with van der Waals surface area (Å²) in [5, 5.41) is 16.0. The molecule has 0 spiro atoms. The van der Waals surface area contributed by atoms with Crippen molar-refractivity contribution in [1.82, 2.24) is 19.8 Å². The van der Waals surface area contributed by atoms with Crippen molar-refractivity contribution in [2.45, 2.75) is 32.1 Å². The average molecular weight is 317 g/mol. The molecule has 8 heteroatoms. The summed E-state index contributed by atoms with van der Waals surface area (Å²) in [4.78, 5) is 12.9. The van der Waals surface area contributed by atoms with E-state index in [0.717, 1.165) is 25.7 Å². The van der Waals surface area contributed by atoms with Crippen LogP contribution in [-0.4, -0.2) is 25.7 Å². The molecule has 1 aliphatic carbocycles. The summed E-state index contributed by atoms with van der Waals surface area (Å²) in [6.45, 7) is 0. The minimum absolute atomic E-state index is 0.0595. The molecule has 114 valence electrons. The van der Waals surface area contributed by atoms with Crippen LogP contribution in [0, 0.1) is 5.92 Å². The molecule has 1 amide bonds. The highest BCUT2D eigenvalue weighted by Gasteiger charge is 2.23. The largest absolute Gasteiger partial charge is 0.461 e. The molecule has 0 aromatic carbocycles. The summed E-state index contributed by atoms with van der Waals surface area (Å²) in [6, 6.07) is 3.59. The molecule has 0 atom stereocenters. The second-order valence-electron chi connectivity index (χ2n) is 5.43. The van der Waals surface area contributed by atoms with E-state index in [9.17, 15) is 4.79 Å². The number of hydrogen-bond acceptors (Lipinski definition) is 6. The lowest BCUT2D eigenvalue weighted by Gasteiger charge is -2.19. The molecule has 4 rings (SSSR count). The third-order valence-electron chi connectivity index (χ3n) is 3.94. The van der Waals surface area contributed by atoms with Gasteiger partial charge in [0.15, 0.2) is 5.76 Å². The molecule has 0 saturated heterocycles. The van der Waals surface area contributed by atoms with E-state index in [1.54, 1.807) is 22.9 Å². The normalized spacial score (nSPS) is 16.2. The second kappa shape index (κ2) is 5.53. The van der Waals surface area contributed by atoms with E-state index in [-0.39, 0.29) is 11.8 Å². The van der Waals surface area contributed by atoms with E-state index in [0.29, 0.717) is 21.7 Å². The molecular formula is C14H15N5O2S. The lowest BCUT2D eigenvalue weighted by molar-refractivity contribution is -0.120. The standard InChI is InChI=1S/C14H15N5O2S/c20-12(9-5-2-1-3-6-9)15-13-18-19-11(10-7-4-8-21-10)16-17-14(19)22-13/h4,7-9H,1-3,5-6H2,(H,15,18,20). The summed E-state index contributed by atoms with van der Waals surface area (Å²) in [6.07, 6.45) is 7.00. The number of hydrogen-bond donors (Lipinski definition) is 1. The van der Waals surface area contributed by atoms with E-state index in [1.165, 1.54) is 17.8 Å². The maximum atomic E-state index is 12.3. The molecule has 0 unspecified atom stereocenters. The van der Waals surface area contributed by atoms with Gasteiger partial charge in [0, 0.05) is 5.92 Å². The van der Waals surface area contributed by atoms with E-state index in [2.05, 4.69) is 20.6 Å². The van der Waals surface area contributed by atoms with Crippen molar-refractivity contribution in [3.63, 3.8) is 0 Å². The predicted molar refractivity (Wildman–Crippen MR) is 81.6 cm³/mol. The Kier molecular flexibility index (Phi) is 3.38. The first kappa shape index (κ1) is 13.4. The third-order valence-corrected chi connectivity index (χ3v) is 4.75. The summed E-state index contributed by atoms with van der Waals surface area (Å²) in [7, 11) is 0. The number of furan rings is 1. The Labute approximate surface area is 130 Å². The minimum atomic E-state index is 0.0595. The number of fused-ring (bicyclic) bond motifs is 1. The fraction of sp³-hybridized carbons (Fsp3) is 0.429. The van der Waals surface area contributed by atoms with Crippen molar-refractivity contribution in [1.29, 1.82) is 0 Å². The molecule has 3 heterocycles. The van der Waals surface area contributed by atoms with Gasteiger partial charge in [-0.1, -0.05) is 30.6 Å². The van der Waals surface area contributed by atoms with Crippen LogP contribution in [0.1, 0.15) is 32.1 Å². The van der Waals surface area contributed by atoms with Gasteiger partial charge in [0.05, 0.1) is 6.26 Å². The van der Waals surface area contributed by atoms with Crippen molar-refractivity contribution >= 4 is 27.3 Å². The maximum Gasteiger partial charge on any atom is 0.236 e. The lowest BCUT2D eigenvalue weighted by Crippen LogP contribution is -2.24. The fourth-order valence-electron chi connectivity index (χ4n) is 2.80. The van der Waals surface area contributed by atoms with Crippen LogP contribution < -0.4 is 5.32 Å². The van der Waals surface area contributed by atoms with Gasteiger partial charge in [-0.3, -0.25) is 4.79 Å². The number of amides is 1. The number of rotatable bonds is 3. The average Bonchev–Trinajstić information content (AvgIpc) is 3.24. The summed E-state index contributed by atoms with van der Waals surface area (Å²) in [5.41, 5.74) is 0. The summed E-state index contributed by atoms with van der Waals surface area (Å²) < 4.78 is 6.92.